The van der Waals surface area contributed by atoms with E-state index in [9.17, 15) is 5.11 Å². The molecule has 334 valence electrons. The van der Waals surface area contributed by atoms with Crippen LogP contribution in [0.3, 0.4) is 0 Å². The summed E-state index contributed by atoms with van der Waals surface area (Å²) in [5, 5.41) is 11.7. The van der Waals surface area contributed by atoms with Gasteiger partial charge in [0.2, 0.25) is 0 Å². The first-order chi connectivity index (χ1) is 31.6. The number of benzene rings is 6. The van der Waals surface area contributed by atoms with Gasteiger partial charge in [0, 0.05) is 0 Å². The van der Waals surface area contributed by atoms with E-state index in [0.29, 0.717) is 13.2 Å². The third-order valence-corrected chi connectivity index (χ3v) is 11.4. The molecule has 2 saturated heterocycles. The van der Waals surface area contributed by atoms with E-state index in [1.165, 1.54) is 0 Å². The molecule has 2 heterocycles. The second kappa shape index (κ2) is 23.7. The molecule has 0 bridgehead atoms. The van der Waals surface area contributed by atoms with Crippen molar-refractivity contribution in [3.63, 3.8) is 0 Å². The Hall–Kier alpha value is -5.08. The maximum Gasteiger partial charge on any atom is 0.187 e. The first-order valence-corrected chi connectivity index (χ1v) is 22.1. The Morgan fingerprint density at radius 3 is 1.14 bits per heavy atom. The molecule has 0 radical (unpaired) electrons. The van der Waals surface area contributed by atoms with Gasteiger partial charge in [0.05, 0.1) is 52.4 Å². The third-order valence-electron chi connectivity index (χ3n) is 11.4. The fourth-order valence-corrected chi connectivity index (χ4v) is 8.10. The van der Waals surface area contributed by atoms with Gasteiger partial charge in [0.15, 0.2) is 12.6 Å². The lowest BCUT2D eigenvalue weighted by Gasteiger charge is -2.49. The van der Waals surface area contributed by atoms with Gasteiger partial charge in [0.1, 0.15) is 42.7 Å². The molecule has 0 saturated carbocycles. The van der Waals surface area contributed by atoms with Gasteiger partial charge in [-0.05, 0) is 40.3 Å². The Kier molecular flexibility index (Phi) is 16.9. The molecule has 10 nitrogen and oxygen atoms in total. The molecule has 10 atom stereocenters. The van der Waals surface area contributed by atoms with Gasteiger partial charge in [0.25, 0.3) is 0 Å². The lowest BCUT2D eigenvalue weighted by molar-refractivity contribution is -0.372. The molecule has 1 N–H and O–H groups in total. The zero-order valence-electron chi connectivity index (χ0n) is 36.2. The van der Waals surface area contributed by atoms with Gasteiger partial charge in [-0.15, -0.1) is 0 Å². The highest BCUT2D eigenvalue weighted by Gasteiger charge is 2.53. The Balaban J connectivity index is 1.16. The molecule has 6 aromatic carbocycles. The van der Waals surface area contributed by atoms with Gasteiger partial charge in [-0.2, -0.15) is 0 Å². The molecule has 0 aromatic heterocycles. The van der Waals surface area contributed by atoms with Crippen molar-refractivity contribution >= 4 is 0 Å². The van der Waals surface area contributed by atoms with Crippen LogP contribution in [0.1, 0.15) is 40.3 Å². The first-order valence-electron chi connectivity index (χ1n) is 22.1. The molecule has 64 heavy (non-hydrogen) atoms. The second-order valence-corrected chi connectivity index (χ2v) is 16.2. The molecule has 2 aliphatic heterocycles. The predicted octanol–water partition coefficient (Wildman–Crippen LogP) is 8.98. The molecule has 10 heteroatoms. The summed E-state index contributed by atoms with van der Waals surface area (Å²) in [6, 6.07) is 59.7. The number of aliphatic hydroxyl groups excluding tert-OH is 1. The van der Waals surface area contributed by atoms with Crippen molar-refractivity contribution in [2.45, 2.75) is 108 Å². The largest absolute Gasteiger partial charge is 0.374 e. The van der Waals surface area contributed by atoms with E-state index < -0.39 is 61.4 Å². The summed E-state index contributed by atoms with van der Waals surface area (Å²) in [4.78, 5) is 0. The van der Waals surface area contributed by atoms with Crippen LogP contribution in [0, 0.1) is 0 Å². The van der Waals surface area contributed by atoms with Crippen molar-refractivity contribution < 1.29 is 47.7 Å². The maximum atomic E-state index is 11.7. The SMILES string of the molecule is CC1OC(O)C(OCc2ccccc2)C(OC2OC(COCc3ccccc3)C(OCc3ccccc3)C(OCc3ccccc3)C2OCc2ccccc2)C1OCc1ccccc1. The summed E-state index contributed by atoms with van der Waals surface area (Å²) in [5.74, 6) is 0. The van der Waals surface area contributed by atoms with Crippen LogP contribution < -0.4 is 0 Å². The summed E-state index contributed by atoms with van der Waals surface area (Å²) in [5.41, 5.74) is 5.86. The van der Waals surface area contributed by atoms with Crippen LogP contribution in [0.15, 0.2) is 182 Å². The van der Waals surface area contributed by atoms with Crippen LogP contribution >= 0.6 is 0 Å². The van der Waals surface area contributed by atoms with Crippen LogP contribution in [0.5, 0.6) is 0 Å². The fraction of sp³-hybridized carbons (Fsp3) is 0.333. The van der Waals surface area contributed by atoms with Gasteiger partial charge >= 0.3 is 0 Å². The van der Waals surface area contributed by atoms with Crippen LogP contribution in [-0.4, -0.2) is 73.1 Å². The van der Waals surface area contributed by atoms with Crippen molar-refractivity contribution in [2.24, 2.45) is 0 Å². The van der Waals surface area contributed by atoms with Crippen molar-refractivity contribution in [1.29, 1.82) is 0 Å². The van der Waals surface area contributed by atoms with Gasteiger partial charge in [-0.25, -0.2) is 0 Å². The zero-order chi connectivity index (χ0) is 43.8. The normalized spacial score (nSPS) is 25.8. The quantitative estimate of drug-likeness (QED) is 0.0755. The topological polar surface area (TPSA) is 103 Å². The molecule has 0 spiro atoms. The van der Waals surface area contributed by atoms with E-state index in [2.05, 4.69) is 0 Å². The smallest absolute Gasteiger partial charge is 0.187 e. The van der Waals surface area contributed by atoms with Crippen molar-refractivity contribution in [3.8, 4) is 0 Å². The van der Waals surface area contributed by atoms with Crippen LogP contribution in [0.25, 0.3) is 0 Å². The molecule has 10 unspecified atom stereocenters. The standard InChI is InChI=1S/C54H58O10/c1-39-47(57-33-41-22-10-3-11-23-41)50(51(53(55)62-39)60-36-44-28-16-6-17-29-44)64-54-52(61-37-45-30-18-7-19-31-45)49(59-35-43-26-14-5-15-27-43)48(58-34-42-24-12-4-13-25-42)46(63-54)38-56-32-40-20-8-2-9-21-40/h2-31,39,46-55H,32-38H2,1H3. The molecule has 0 amide bonds. The monoisotopic (exact) mass is 866 g/mol. The van der Waals surface area contributed by atoms with E-state index in [-0.39, 0.29) is 33.0 Å². The Morgan fingerprint density at radius 2 is 0.719 bits per heavy atom. The molecule has 0 aliphatic carbocycles. The average Bonchev–Trinajstić information content (AvgIpc) is 3.34. The van der Waals surface area contributed by atoms with E-state index in [1.54, 1.807) is 0 Å². The molecule has 2 fully saturated rings. The van der Waals surface area contributed by atoms with Gasteiger partial charge in [-0.1, -0.05) is 182 Å². The van der Waals surface area contributed by atoms with Crippen molar-refractivity contribution in [2.75, 3.05) is 6.61 Å². The van der Waals surface area contributed by atoms with Crippen LogP contribution in [-0.2, 0) is 82.3 Å². The Morgan fingerprint density at radius 1 is 0.375 bits per heavy atom. The highest BCUT2D eigenvalue weighted by Crippen LogP contribution is 2.36. The molecule has 2 aliphatic rings. The molecular formula is C54H58O10. The number of ether oxygens (including phenoxy) is 9. The summed E-state index contributed by atoms with van der Waals surface area (Å²) in [6.07, 6.45) is -8.55. The maximum absolute atomic E-state index is 11.7. The Bertz CT molecular complexity index is 2130. The average molecular weight is 867 g/mol. The lowest BCUT2D eigenvalue weighted by Crippen LogP contribution is -2.65. The van der Waals surface area contributed by atoms with E-state index >= 15 is 0 Å². The third kappa shape index (κ3) is 12.8. The van der Waals surface area contributed by atoms with E-state index in [0.717, 1.165) is 33.4 Å². The lowest BCUT2D eigenvalue weighted by atomic mass is 9.96. The minimum Gasteiger partial charge on any atom is -0.374 e. The summed E-state index contributed by atoms with van der Waals surface area (Å²) in [7, 11) is 0. The van der Waals surface area contributed by atoms with Crippen molar-refractivity contribution in [3.05, 3.63) is 215 Å². The summed E-state index contributed by atoms with van der Waals surface area (Å²) in [6.45, 7) is 3.64. The molecule has 6 aromatic rings. The van der Waals surface area contributed by atoms with Gasteiger partial charge in [-0.3, -0.25) is 0 Å². The van der Waals surface area contributed by atoms with Crippen molar-refractivity contribution in [1.82, 2.24) is 0 Å². The number of rotatable bonds is 21. The predicted molar refractivity (Wildman–Crippen MR) is 241 cm³/mol. The summed E-state index contributed by atoms with van der Waals surface area (Å²) < 4.78 is 61.0. The van der Waals surface area contributed by atoms with Crippen LogP contribution in [0.4, 0.5) is 0 Å². The second-order valence-electron chi connectivity index (χ2n) is 16.2. The van der Waals surface area contributed by atoms with Gasteiger partial charge < -0.3 is 47.7 Å². The van der Waals surface area contributed by atoms with Crippen LogP contribution in [0.2, 0.25) is 0 Å². The highest BCUT2D eigenvalue weighted by molar-refractivity contribution is 5.18. The number of hydrogen-bond acceptors (Lipinski definition) is 10. The van der Waals surface area contributed by atoms with E-state index in [1.807, 2.05) is 189 Å². The van der Waals surface area contributed by atoms with E-state index in [4.69, 9.17) is 42.6 Å². The number of hydrogen-bond donors (Lipinski definition) is 1. The fourth-order valence-electron chi connectivity index (χ4n) is 8.10. The minimum atomic E-state index is -1.34. The minimum absolute atomic E-state index is 0.152. The number of aliphatic hydroxyl groups is 1. The zero-order valence-corrected chi connectivity index (χ0v) is 36.2. The summed E-state index contributed by atoms with van der Waals surface area (Å²) >= 11 is 0. The highest BCUT2D eigenvalue weighted by atomic mass is 16.7. The Labute approximate surface area is 376 Å². The molecular weight excluding hydrogens is 809 g/mol. The molecule has 8 rings (SSSR count). The first kappa shape index (κ1) is 45.5.